The predicted octanol–water partition coefficient (Wildman–Crippen LogP) is 2.94. The summed E-state index contributed by atoms with van der Waals surface area (Å²) in [5.41, 5.74) is 2.34. The number of hydrogen-bond acceptors (Lipinski definition) is 2. The minimum atomic E-state index is 0.0415. The minimum Gasteiger partial charge on any atom is -0.396 e. The van der Waals surface area contributed by atoms with Gasteiger partial charge in [-0.1, -0.05) is 45.0 Å². The first-order valence-electron chi connectivity index (χ1n) is 6.33. The largest absolute Gasteiger partial charge is 0.396 e. The molecular formula is C15H22O2. The van der Waals surface area contributed by atoms with Crippen molar-refractivity contribution in [3.8, 4) is 0 Å². The summed E-state index contributed by atoms with van der Waals surface area (Å²) >= 11 is 0. The van der Waals surface area contributed by atoms with Gasteiger partial charge < -0.3 is 5.11 Å². The number of hydrogen-bond donors (Lipinski definition) is 1. The van der Waals surface area contributed by atoms with Crippen LogP contribution in [0.3, 0.4) is 0 Å². The van der Waals surface area contributed by atoms with E-state index in [4.69, 9.17) is 5.11 Å². The van der Waals surface area contributed by atoms with Crippen LogP contribution in [0.15, 0.2) is 24.3 Å². The van der Waals surface area contributed by atoms with Gasteiger partial charge in [-0.15, -0.1) is 0 Å². The molecule has 0 saturated carbocycles. The SMILES string of the molecule is CCC(=O)C(C)C(C)c1ccccc1CCO. The Morgan fingerprint density at radius 1 is 1.29 bits per heavy atom. The molecule has 0 spiro atoms. The van der Waals surface area contributed by atoms with Gasteiger partial charge in [0.15, 0.2) is 0 Å². The first-order chi connectivity index (χ1) is 8.11. The Hall–Kier alpha value is -1.15. The zero-order chi connectivity index (χ0) is 12.8. The fourth-order valence-corrected chi connectivity index (χ4v) is 2.20. The molecule has 0 bridgehead atoms. The van der Waals surface area contributed by atoms with E-state index in [0.717, 1.165) is 5.56 Å². The summed E-state index contributed by atoms with van der Waals surface area (Å²) in [5.74, 6) is 0.557. The van der Waals surface area contributed by atoms with E-state index in [1.54, 1.807) is 0 Å². The molecule has 2 unspecified atom stereocenters. The van der Waals surface area contributed by atoms with E-state index in [2.05, 4.69) is 13.0 Å². The van der Waals surface area contributed by atoms with Crippen LogP contribution in [0.1, 0.15) is 44.2 Å². The van der Waals surface area contributed by atoms with Gasteiger partial charge in [0.05, 0.1) is 0 Å². The van der Waals surface area contributed by atoms with Crippen LogP contribution >= 0.6 is 0 Å². The number of aliphatic hydroxyl groups excluding tert-OH is 1. The third-order valence-corrected chi connectivity index (χ3v) is 3.53. The highest BCUT2D eigenvalue weighted by molar-refractivity contribution is 5.81. The molecule has 0 aliphatic heterocycles. The summed E-state index contributed by atoms with van der Waals surface area (Å²) < 4.78 is 0. The number of carbonyl (C=O) groups is 1. The maximum absolute atomic E-state index is 11.7. The zero-order valence-electron chi connectivity index (χ0n) is 10.9. The summed E-state index contributed by atoms with van der Waals surface area (Å²) in [6.07, 6.45) is 1.25. The average Bonchev–Trinajstić information content (AvgIpc) is 2.37. The lowest BCUT2D eigenvalue weighted by atomic mass is 9.82. The first kappa shape index (κ1) is 13.9. The molecule has 0 heterocycles. The summed E-state index contributed by atoms with van der Waals surface area (Å²) in [6.45, 7) is 6.14. The average molecular weight is 234 g/mol. The number of aliphatic hydroxyl groups is 1. The maximum Gasteiger partial charge on any atom is 0.136 e. The number of ketones is 1. The maximum atomic E-state index is 11.7. The van der Waals surface area contributed by atoms with Crippen molar-refractivity contribution in [3.05, 3.63) is 35.4 Å². The van der Waals surface area contributed by atoms with Crippen molar-refractivity contribution in [3.63, 3.8) is 0 Å². The molecule has 0 radical (unpaired) electrons. The molecule has 0 saturated heterocycles. The van der Waals surface area contributed by atoms with Crippen LogP contribution in [0, 0.1) is 5.92 Å². The molecule has 2 heteroatoms. The number of Topliss-reactive ketones (excluding diaryl/α,β-unsaturated/α-hetero) is 1. The molecule has 1 N–H and O–H groups in total. The lowest BCUT2D eigenvalue weighted by Crippen LogP contribution is -2.18. The minimum absolute atomic E-state index is 0.0415. The Balaban J connectivity index is 2.94. The summed E-state index contributed by atoms with van der Waals surface area (Å²) in [4.78, 5) is 11.7. The van der Waals surface area contributed by atoms with E-state index < -0.39 is 0 Å². The van der Waals surface area contributed by atoms with Crippen LogP contribution in [0.25, 0.3) is 0 Å². The lowest BCUT2D eigenvalue weighted by Gasteiger charge is -2.21. The van der Waals surface area contributed by atoms with Crippen LogP contribution in [-0.2, 0) is 11.2 Å². The van der Waals surface area contributed by atoms with Crippen molar-refractivity contribution < 1.29 is 9.90 Å². The van der Waals surface area contributed by atoms with E-state index in [0.29, 0.717) is 18.6 Å². The standard InChI is InChI=1S/C15H22O2/c1-4-15(17)12(3)11(2)14-8-6-5-7-13(14)9-10-16/h5-8,11-12,16H,4,9-10H2,1-3H3. The zero-order valence-corrected chi connectivity index (χ0v) is 10.9. The molecule has 1 aromatic carbocycles. The van der Waals surface area contributed by atoms with Crippen molar-refractivity contribution in [1.82, 2.24) is 0 Å². The summed E-state index contributed by atoms with van der Waals surface area (Å²) in [6, 6.07) is 8.07. The Labute approximate surface area is 104 Å². The van der Waals surface area contributed by atoms with Crippen LogP contribution in [0.2, 0.25) is 0 Å². The van der Waals surface area contributed by atoms with Crippen molar-refractivity contribution in [2.45, 2.75) is 39.5 Å². The van der Waals surface area contributed by atoms with Crippen molar-refractivity contribution in [2.24, 2.45) is 5.92 Å². The molecule has 0 amide bonds. The van der Waals surface area contributed by atoms with Gasteiger partial charge in [0.2, 0.25) is 0 Å². The fourth-order valence-electron chi connectivity index (χ4n) is 2.20. The number of rotatable bonds is 6. The summed E-state index contributed by atoms with van der Waals surface area (Å²) in [5, 5.41) is 9.05. The van der Waals surface area contributed by atoms with Crippen LogP contribution in [0.4, 0.5) is 0 Å². The van der Waals surface area contributed by atoms with Crippen LogP contribution < -0.4 is 0 Å². The van der Waals surface area contributed by atoms with Crippen molar-refractivity contribution >= 4 is 5.78 Å². The smallest absolute Gasteiger partial charge is 0.136 e. The van der Waals surface area contributed by atoms with Gasteiger partial charge in [0, 0.05) is 18.9 Å². The van der Waals surface area contributed by atoms with Gasteiger partial charge in [0.25, 0.3) is 0 Å². The Morgan fingerprint density at radius 3 is 2.53 bits per heavy atom. The molecule has 17 heavy (non-hydrogen) atoms. The van der Waals surface area contributed by atoms with Gasteiger partial charge in [-0.05, 0) is 23.5 Å². The quantitative estimate of drug-likeness (QED) is 0.821. The van der Waals surface area contributed by atoms with E-state index in [1.165, 1.54) is 5.56 Å². The van der Waals surface area contributed by atoms with Gasteiger partial charge in [-0.25, -0.2) is 0 Å². The molecule has 1 aromatic rings. The van der Waals surface area contributed by atoms with Crippen molar-refractivity contribution in [2.75, 3.05) is 6.61 Å². The van der Waals surface area contributed by atoms with Gasteiger partial charge in [-0.3, -0.25) is 4.79 Å². The summed E-state index contributed by atoms with van der Waals surface area (Å²) in [7, 11) is 0. The highest BCUT2D eigenvalue weighted by atomic mass is 16.2. The molecular weight excluding hydrogens is 212 g/mol. The molecule has 0 fully saturated rings. The Bertz CT molecular complexity index is 371. The highest BCUT2D eigenvalue weighted by Gasteiger charge is 2.21. The topological polar surface area (TPSA) is 37.3 Å². The second-order valence-corrected chi connectivity index (χ2v) is 4.57. The molecule has 1 rings (SSSR count). The normalized spacial score (nSPS) is 14.4. The van der Waals surface area contributed by atoms with E-state index >= 15 is 0 Å². The highest BCUT2D eigenvalue weighted by Crippen LogP contribution is 2.28. The van der Waals surface area contributed by atoms with E-state index in [1.807, 2.05) is 32.0 Å². The fraction of sp³-hybridized carbons (Fsp3) is 0.533. The van der Waals surface area contributed by atoms with Crippen LogP contribution in [0.5, 0.6) is 0 Å². The Morgan fingerprint density at radius 2 is 1.94 bits per heavy atom. The lowest BCUT2D eigenvalue weighted by molar-refractivity contribution is -0.122. The van der Waals surface area contributed by atoms with Gasteiger partial charge in [0.1, 0.15) is 5.78 Å². The second-order valence-electron chi connectivity index (χ2n) is 4.57. The predicted molar refractivity (Wildman–Crippen MR) is 70.1 cm³/mol. The molecule has 0 aliphatic carbocycles. The van der Waals surface area contributed by atoms with Crippen LogP contribution in [-0.4, -0.2) is 17.5 Å². The number of carbonyl (C=O) groups excluding carboxylic acids is 1. The van der Waals surface area contributed by atoms with E-state index in [9.17, 15) is 4.79 Å². The molecule has 2 atom stereocenters. The first-order valence-corrected chi connectivity index (χ1v) is 6.33. The molecule has 2 nitrogen and oxygen atoms in total. The second kappa shape index (κ2) is 6.55. The number of benzene rings is 1. The molecule has 94 valence electrons. The van der Waals surface area contributed by atoms with Crippen molar-refractivity contribution in [1.29, 1.82) is 0 Å². The third-order valence-electron chi connectivity index (χ3n) is 3.53. The monoisotopic (exact) mass is 234 g/mol. The van der Waals surface area contributed by atoms with E-state index in [-0.39, 0.29) is 18.4 Å². The van der Waals surface area contributed by atoms with Gasteiger partial charge >= 0.3 is 0 Å². The van der Waals surface area contributed by atoms with Gasteiger partial charge in [-0.2, -0.15) is 0 Å². The Kier molecular flexibility index (Phi) is 5.36. The molecule has 0 aliphatic rings. The third kappa shape index (κ3) is 3.40. The molecule has 0 aromatic heterocycles.